The van der Waals surface area contributed by atoms with Crippen LogP contribution in [0.5, 0.6) is 0 Å². The average Bonchev–Trinajstić information content (AvgIpc) is 3.40. The second-order valence-corrected chi connectivity index (χ2v) is 9.79. The highest BCUT2D eigenvalue weighted by molar-refractivity contribution is 5.90. The van der Waals surface area contributed by atoms with Crippen LogP contribution in [0.3, 0.4) is 0 Å². The molecule has 5 N–H and O–H groups in total. The number of nitrogens with zero attached hydrogens (tertiary/aromatic N) is 1. The quantitative estimate of drug-likeness (QED) is 0.165. The minimum atomic E-state index is -1.67. The maximum Gasteiger partial charge on any atom is 0.333 e. The normalized spacial score (nSPS) is 33.9. The zero-order chi connectivity index (χ0) is 28.3. The van der Waals surface area contributed by atoms with Gasteiger partial charge in [0.05, 0.1) is 32.0 Å². The first-order valence-electron chi connectivity index (χ1n) is 12.7. The molecule has 8 atom stereocenters. The molecule has 3 aliphatic rings. The van der Waals surface area contributed by atoms with Gasteiger partial charge in [0.2, 0.25) is 0 Å². The number of aliphatic hydroxyl groups excluding tert-OH is 4. The summed E-state index contributed by atoms with van der Waals surface area (Å²) in [6.45, 7) is 3.10. The Hall–Kier alpha value is -3.00. The molecule has 1 fully saturated rings. The van der Waals surface area contributed by atoms with Crippen LogP contribution in [0, 0.1) is 11.8 Å². The summed E-state index contributed by atoms with van der Waals surface area (Å²) in [7, 11) is 1.20. The van der Waals surface area contributed by atoms with Gasteiger partial charge in [-0.05, 0) is 24.1 Å². The summed E-state index contributed by atoms with van der Waals surface area (Å²) in [6.07, 6.45) is -0.0301. The third kappa shape index (κ3) is 5.40. The lowest BCUT2D eigenvalue weighted by molar-refractivity contribution is -0.328. The van der Waals surface area contributed by atoms with E-state index in [1.807, 2.05) is 0 Å². The molecule has 1 saturated heterocycles. The molecular weight excluding hydrogens is 514 g/mol. The Bertz CT molecular complexity index is 1220. The lowest BCUT2D eigenvalue weighted by atomic mass is 9.74. The highest BCUT2D eigenvalue weighted by Gasteiger charge is 2.58. The predicted octanol–water partition coefficient (Wildman–Crippen LogP) is -1.71. The molecule has 1 aromatic heterocycles. The van der Waals surface area contributed by atoms with Gasteiger partial charge in [-0.3, -0.25) is 4.79 Å². The number of esters is 1. The van der Waals surface area contributed by atoms with Crippen LogP contribution in [0.2, 0.25) is 0 Å². The molecule has 12 nitrogen and oxygen atoms in total. The van der Waals surface area contributed by atoms with E-state index in [0.717, 1.165) is 0 Å². The third-order valence-corrected chi connectivity index (χ3v) is 7.53. The van der Waals surface area contributed by atoms with Crippen LogP contribution in [0.1, 0.15) is 25.7 Å². The van der Waals surface area contributed by atoms with Gasteiger partial charge in [-0.1, -0.05) is 23.6 Å². The molecule has 0 unspecified atom stereocenters. The number of carbonyl (C=O) groups is 2. The Morgan fingerprint density at radius 1 is 1.31 bits per heavy atom. The fourth-order valence-electron chi connectivity index (χ4n) is 5.64. The molecule has 1 spiro atoms. The zero-order valence-corrected chi connectivity index (χ0v) is 21.5. The first-order valence-corrected chi connectivity index (χ1v) is 12.7. The number of fused-ring (bicyclic) bond motifs is 1. The number of hydrogen-bond acceptors (Lipinski definition) is 10. The predicted molar refractivity (Wildman–Crippen MR) is 134 cm³/mol. The molecule has 0 amide bonds. The smallest absolute Gasteiger partial charge is 0.333 e. The standard InChI is InChI=1S/C27H34NO11/c1-3-15-17(11-21(31)32)16(25(35)36-2)6-7-18(15)37-26-23(33)24(34)27(20(13-30)38-26)12-14-8-9-28-22(14)19(39-27)5-4-10-29/h3,6,8-9,12,15,17-18,20,23-24,26,29-30,33-34H,1,4-5,7,10-11,13H2,2H3,(H,31,32)/q-1/t15-,17+,18-,20-,23-,24-,26-,27-/m1/s1. The zero-order valence-electron chi connectivity index (χ0n) is 21.5. The molecule has 1 aromatic rings. The average molecular weight is 549 g/mol. The summed E-state index contributed by atoms with van der Waals surface area (Å²) in [5.41, 5.74) is -1.48. The lowest BCUT2D eigenvalue weighted by Gasteiger charge is -2.51. The van der Waals surface area contributed by atoms with Crippen molar-refractivity contribution >= 4 is 23.8 Å². The van der Waals surface area contributed by atoms with Crippen molar-refractivity contribution in [3.8, 4) is 0 Å². The fraction of sp³-hybridized carbons (Fsp3) is 0.556. The molecule has 3 heterocycles. The largest absolute Gasteiger partial charge is 0.661 e. The van der Waals surface area contributed by atoms with Crippen LogP contribution in [-0.4, -0.2) is 94.1 Å². The summed E-state index contributed by atoms with van der Waals surface area (Å²) in [4.78, 5) is 28.2. The van der Waals surface area contributed by atoms with Crippen LogP contribution < -0.4 is 15.6 Å². The van der Waals surface area contributed by atoms with Gasteiger partial charge in [0.25, 0.3) is 0 Å². The van der Waals surface area contributed by atoms with Gasteiger partial charge in [0, 0.05) is 30.4 Å². The van der Waals surface area contributed by atoms with Crippen LogP contribution >= 0.6 is 0 Å². The number of hydrogen-bond donors (Lipinski definition) is 5. The molecule has 2 aliphatic heterocycles. The Balaban J connectivity index is 1.61. The number of carbonyl (C=O) groups excluding carboxylic acids is 1. The van der Waals surface area contributed by atoms with E-state index in [1.165, 1.54) is 19.3 Å². The first kappa shape index (κ1) is 29.0. The van der Waals surface area contributed by atoms with Gasteiger partial charge in [-0.25, -0.2) is 4.79 Å². The minimum absolute atomic E-state index is 0.0957. The van der Waals surface area contributed by atoms with Crippen LogP contribution in [0.15, 0.2) is 36.6 Å². The van der Waals surface area contributed by atoms with Crippen molar-refractivity contribution in [2.24, 2.45) is 11.8 Å². The summed E-state index contributed by atoms with van der Waals surface area (Å²) < 4.78 is 23.1. The number of carboxylic acid groups (broad SMARTS) is 1. The second-order valence-electron chi connectivity index (χ2n) is 9.79. The van der Waals surface area contributed by atoms with Crippen molar-refractivity contribution < 1.29 is 54.1 Å². The first-order chi connectivity index (χ1) is 18.7. The fourth-order valence-corrected chi connectivity index (χ4v) is 5.64. The SMILES string of the molecule is C=C[C@@H]1[C@H](CC(=O)O)C(C(=O)OC)=CC[C@H]1O[C@@H]1O[C@H](CO)[C@]2(C=c3cc[n-]c3=C(CCCO)O2)[C@H](O)[C@H]1O. The molecule has 39 heavy (non-hydrogen) atoms. The summed E-state index contributed by atoms with van der Waals surface area (Å²) in [5.74, 6) is -2.87. The number of aromatic nitrogens is 1. The van der Waals surface area contributed by atoms with Gasteiger partial charge < -0.3 is 49.5 Å². The Morgan fingerprint density at radius 2 is 2.08 bits per heavy atom. The van der Waals surface area contributed by atoms with E-state index in [2.05, 4.69) is 11.6 Å². The molecule has 0 bridgehead atoms. The third-order valence-electron chi connectivity index (χ3n) is 7.53. The lowest BCUT2D eigenvalue weighted by Crippen LogP contribution is -2.69. The monoisotopic (exact) mass is 548 g/mol. The van der Waals surface area contributed by atoms with E-state index in [-0.39, 0.29) is 25.0 Å². The Kier molecular flexibility index (Phi) is 8.94. The highest BCUT2D eigenvalue weighted by Crippen LogP contribution is 2.41. The number of carboxylic acids is 1. The molecule has 4 rings (SSSR count). The van der Waals surface area contributed by atoms with E-state index in [4.69, 9.17) is 18.9 Å². The van der Waals surface area contributed by atoms with E-state index in [1.54, 1.807) is 18.3 Å². The van der Waals surface area contributed by atoms with Gasteiger partial charge in [0.1, 0.15) is 18.3 Å². The second kappa shape index (κ2) is 12.0. The van der Waals surface area contributed by atoms with E-state index in [9.17, 15) is 35.1 Å². The van der Waals surface area contributed by atoms with Crippen molar-refractivity contribution in [1.29, 1.82) is 0 Å². The van der Waals surface area contributed by atoms with Crippen molar-refractivity contribution in [1.82, 2.24) is 4.98 Å². The number of aliphatic carboxylic acids is 1. The van der Waals surface area contributed by atoms with Gasteiger partial charge in [-0.15, -0.1) is 6.58 Å². The van der Waals surface area contributed by atoms with E-state index in [0.29, 0.717) is 29.2 Å². The van der Waals surface area contributed by atoms with Gasteiger partial charge >= 0.3 is 11.9 Å². The van der Waals surface area contributed by atoms with Gasteiger partial charge in [-0.2, -0.15) is 6.20 Å². The van der Waals surface area contributed by atoms with Crippen molar-refractivity contribution in [2.45, 2.75) is 62.0 Å². The Labute approximate surface area is 224 Å². The number of aliphatic hydroxyl groups is 4. The van der Waals surface area contributed by atoms with E-state index >= 15 is 0 Å². The molecular formula is C27H34NO11-. The topological polar surface area (TPSA) is 186 Å². The van der Waals surface area contributed by atoms with Crippen molar-refractivity contribution in [3.63, 3.8) is 0 Å². The summed E-state index contributed by atoms with van der Waals surface area (Å²) in [5, 5.41) is 52.7. The highest BCUT2D eigenvalue weighted by atomic mass is 16.7. The van der Waals surface area contributed by atoms with Gasteiger partial charge in [0.15, 0.2) is 11.9 Å². The minimum Gasteiger partial charge on any atom is -0.661 e. The summed E-state index contributed by atoms with van der Waals surface area (Å²) >= 11 is 0. The molecule has 0 radical (unpaired) electrons. The number of rotatable bonds is 10. The van der Waals surface area contributed by atoms with Crippen LogP contribution in [0.4, 0.5) is 0 Å². The van der Waals surface area contributed by atoms with Crippen LogP contribution in [0.25, 0.3) is 11.8 Å². The molecule has 214 valence electrons. The molecule has 12 heteroatoms. The number of ether oxygens (including phenoxy) is 4. The Morgan fingerprint density at radius 3 is 2.72 bits per heavy atom. The molecule has 1 aliphatic carbocycles. The molecule has 0 saturated carbocycles. The number of methoxy groups -OCH3 is 1. The van der Waals surface area contributed by atoms with Crippen molar-refractivity contribution in [3.05, 3.63) is 47.1 Å². The maximum absolute atomic E-state index is 12.3. The van der Waals surface area contributed by atoms with E-state index < -0.39 is 66.7 Å². The van der Waals surface area contributed by atoms with Crippen molar-refractivity contribution in [2.75, 3.05) is 20.3 Å². The maximum atomic E-state index is 12.3. The molecule has 0 aromatic carbocycles. The summed E-state index contributed by atoms with van der Waals surface area (Å²) in [6, 6.07) is 1.71. The van der Waals surface area contributed by atoms with Crippen LogP contribution in [-0.2, 0) is 28.5 Å².